The largest absolute Gasteiger partial charge is 0.438 e. The molecule has 0 fully saturated rings. The molecule has 0 unspecified atom stereocenters. The molecule has 2 heterocycles. The number of pyridine rings is 1. The van der Waals surface area contributed by atoms with Crippen molar-refractivity contribution in [3.05, 3.63) is 36.5 Å². The van der Waals surface area contributed by atoms with Gasteiger partial charge in [0.1, 0.15) is 5.58 Å². The molecule has 0 saturated heterocycles. The van der Waals surface area contributed by atoms with Crippen LogP contribution in [0.4, 0.5) is 5.69 Å². The minimum absolute atomic E-state index is 0.639. The highest BCUT2D eigenvalue weighted by Gasteiger charge is 2.08. The number of aromatic nitrogens is 1. The Morgan fingerprint density at radius 1 is 1.14 bits per heavy atom. The number of furan rings is 1. The highest BCUT2D eigenvalue weighted by molar-refractivity contribution is 6.09. The number of benzene rings is 1. The number of nitrogen functional groups attached to an aromatic ring is 1. The van der Waals surface area contributed by atoms with Gasteiger partial charge in [-0.25, -0.2) is 4.98 Å². The minimum atomic E-state index is 0.639. The van der Waals surface area contributed by atoms with Gasteiger partial charge in [-0.1, -0.05) is 6.07 Å². The van der Waals surface area contributed by atoms with Crippen molar-refractivity contribution in [3.8, 4) is 0 Å². The molecule has 3 rings (SSSR count). The summed E-state index contributed by atoms with van der Waals surface area (Å²) in [5, 5.41) is 1.93. The van der Waals surface area contributed by atoms with E-state index in [1.54, 1.807) is 6.20 Å². The van der Waals surface area contributed by atoms with Gasteiger partial charge in [0.2, 0.25) is 5.71 Å². The van der Waals surface area contributed by atoms with Gasteiger partial charge in [-0.15, -0.1) is 0 Å². The van der Waals surface area contributed by atoms with Crippen LogP contribution in [0.3, 0.4) is 0 Å². The number of nitrogens with zero attached hydrogens (tertiary/aromatic N) is 1. The van der Waals surface area contributed by atoms with Gasteiger partial charge in [0.05, 0.1) is 10.8 Å². The fourth-order valence-corrected chi connectivity index (χ4v) is 1.69. The molecule has 1 aromatic carbocycles. The van der Waals surface area contributed by atoms with Crippen LogP contribution >= 0.6 is 0 Å². The third kappa shape index (κ3) is 0.836. The summed E-state index contributed by atoms with van der Waals surface area (Å²) >= 11 is 0. The van der Waals surface area contributed by atoms with Gasteiger partial charge in [-0.3, -0.25) is 0 Å². The summed E-state index contributed by atoms with van der Waals surface area (Å²) in [5.74, 6) is 0. The van der Waals surface area contributed by atoms with E-state index >= 15 is 0 Å². The zero-order chi connectivity index (χ0) is 9.54. The van der Waals surface area contributed by atoms with Crippen molar-refractivity contribution >= 4 is 27.8 Å². The van der Waals surface area contributed by atoms with Crippen molar-refractivity contribution in [3.63, 3.8) is 0 Å². The van der Waals surface area contributed by atoms with E-state index in [4.69, 9.17) is 10.2 Å². The standard InChI is InChI=1S/C11H8N2O/c12-8-4-1-5-9-10(8)7-3-2-6-13-11(7)14-9/h1-6H,12H2. The SMILES string of the molecule is Nc1cccc2oc3ncccc3c12. The highest BCUT2D eigenvalue weighted by atomic mass is 16.3. The molecule has 3 aromatic rings. The van der Waals surface area contributed by atoms with Crippen LogP contribution in [-0.2, 0) is 0 Å². The second-order valence-corrected chi connectivity index (χ2v) is 3.18. The highest BCUT2D eigenvalue weighted by Crippen LogP contribution is 2.30. The van der Waals surface area contributed by atoms with Crippen LogP contribution < -0.4 is 5.73 Å². The lowest BCUT2D eigenvalue weighted by Crippen LogP contribution is -1.83. The molecule has 3 nitrogen and oxygen atoms in total. The van der Waals surface area contributed by atoms with Crippen LogP contribution in [0, 0.1) is 0 Å². The van der Waals surface area contributed by atoms with Crippen LogP contribution in [0.15, 0.2) is 40.9 Å². The van der Waals surface area contributed by atoms with Gasteiger partial charge >= 0.3 is 0 Å². The van der Waals surface area contributed by atoms with E-state index < -0.39 is 0 Å². The van der Waals surface area contributed by atoms with Crippen LogP contribution in [-0.4, -0.2) is 4.98 Å². The predicted octanol–water partition coefficient (Wildman–Crippen LogP) is 2.56. The number of fused-ring (bicyclic) bond motifs is 3. The summed E-state index contributed by atoms with van der Waals surface area (Å²) in [6.45, 7) is 0. The maximum atomic E-state index is 5.88. The summed E-state index contributed by atoms with van der Waals surface area (Å²) in [5.41, 5.74) is 8.04. The quantitative estimate of drug-likeness (QED) is 0.546. The van der Waals surface area contributed by atoms with Crippen LogP contribution in [0.1, 0.15) is 0 Å². The van der Waals surface area contributed by atoms with Crippen LogP contribution in [0.5, 0.6) is 0 Å². The Labute approximate surface area is 80.1 Å². The molecular formula is C11H8N2O. The molecule has 3 heteroatoms. The fourth-order valence-electron chi connectivity index (χ4n) is 1.69. The van der Waals surface area contributed by atoms with Gasteiger partial charge in [0.25, 0.3) is 0 Å². The molecule has 68 valence electrons. The van der Waals surface area contributed by atoms with Crippen LogP contribution in [0.25, 0.3) is 22.1 Å². The van der Waals surface area contributed by atoms with E-state index in [2.05, 4.69) is 4.98 Å². The Balaban J connectivity index is 2.65. The van der Waals surface area contributed by atoms with Gasteiger partial charge < -0.3 is 10.2 Å². The Morgan fingerprint density at radius 2 is 2.07 bits per heavy atom. The van der Waals surface area contributed by atoms with E-state index in [0.717, 1.165) is 22.0 Å². The van der Waals surface area contributed by atoms with Gasteiger partial charge in [0.15, 0.2) is 0 Å². The van der Waals surface area contributed by atoms with Crippen molar-refractivity contribution in [2.45, 2.75) is 0 Å². The summed E-state index contributed by atoms with van der Waals surface area (Å²) in [7, 11) is 0. The van der Waals surface area contributed by atoms with E-state index in [1.807, 2.05) is 30.3 Å². The van der Waals surface area contributed by atoms with E-state index in [9.17, 15) is 0 Å². The Kier molecular flexibility index (Phi) is 1.31. The normalized spacial score (nSPS) is 11.1. The molecule has 0 radical (unpaired) electrons. The zero-order valence-corrected chi connectivity index (χ0v) is 7.40. The van der Waals surface area contributed by atoms with Gasteiger partial charge in [-0.05, 0) is 24.3 Å². The maximum absolute atomic E-state index is 5.88. The molecule has 0 saturated carbocycles. The molecule has 0 aliphatic carbocycles. The lowest BCUT2D eigenvalue weighted by atomic mass is 10.1. The van der Waals surface area contributed by atoms with Crippen molar-refractivity contribution in [2.24, 2.45) is 0 Å². The first-order valence-electron chi connectivity index (χ1n) is 4.38. The Hall–Kier alpha value is -2.03. The van der Waals surface area contributed by atoms with E-state index in [0.29, 0.717) is 5.71 Å². The lowest BCUT2D eigenvalue weighted by Gasteiger charge is -1.93. The number of rotatable bonds is 0. The molecule has 0 bridgehead atoms. The number of hydrogen-bond acceptors (Lipinski definition) is 3. The molecule has 0 spiro atoms. The average molecular weight is 184 g/mol. The van der Waals surface area contributed by atoms with Crippen LogP contribution in [0.2, 0.25) is 0 Å². The molecule has 0 aliphatic rings. The molecule has 14 heavy (non-hydrogen) atoms. The Bertz CT molecular complexity index is 613. The van der Waals surface area contributed by atoms with Crippen molar-refractivity contribution < 1.29 is 4.42 Å². The molecule has 2 N–H and O–H groups in total. The summed E-state index contributed by atoms with van der Waals surface area (Å²) in [4.78, 5) is 4.14. The number of nitrogens with two attached hydrogens (primary N) is 1. The van der Waals surface area contributed by atoms with Gasteiger partial charge in [-0.2, -0.15) is 0 Å². The summed E-state index contributed by atoms with van der Waals surface area (Å²) in [6, 6.07) is 9.48. The first-order valence-corrected chi connectivity index (χ1v) is 4.38. The third-order valence-electron chi connectivity index (χ3n) is 2.31. The lowest BCUT2D eigenvalue weighted by molar-refractivity contribution is 0.654. The second kappa shape index (κ2) is 2.48. The smallest absolute Gasteiger partial charge is 0.227 e. The average Bonchev–Trinajstić information content (AvgIpc) is 2.57. The first kappa shape index (κ1) is 7.38. The van der Waals surface area contributed by atoms with Crippen molar-refractivity contribution in [1.82, 2.24) is 4.98 Å². The molecule has 0 atom stereocenters. The molecular weight excluding hydrogens is 176 g/mol. The van der Waals surface area contributed by atoms with E-state index in [1.165, 1.54) is 0 Å². The van der Waals surface area contributed by atoms with Gasteiger partial charge in [0, 0.05) is 11.9 Å². The van der Waals surface area contributed by atoms with E-state index in [-0.39, 0.29) is 0 Å². The van der Waals surface area contributed by atoms with Crippen molar-refractivity contribution in [1.29, 1.82) is 0 Å². The zero-order valence-electron chi connectivity index (χ0n) is 7.40. The minimum Gasteiger partial charge on any atom is -0.438 e. The number of anilines is 1. The van der Waals surface area contributed by atoms with Crippen molar-refractivity contribution in [2.75, 3.05) is 5.73 Å². The first-order chi connectivity index (χ1) is 6.86. The molecule has 0 amide bonds. The molecule has 2 aromatic heterocycles. The number of hydrogen-bond donors (Lipinski definition) is 1. The monoisotopic (exact) mass is 184 g/mol. The second-order valence-electron chi connectivity index (χ2n) is 3.18. The predicted molar refractivity (Wildman–Crippen MR) is 55.9 cm³/mol. The summed E-state index contributed by atoms with van der Waals surface area (Å²) < 4.78 is 5.54. The third-order valence-corrected chi connectivity index (χ3v) is 2.31. The fraction of sp³-hybridized carbons (Fsp3) is 0. The Morgan fingerprint density at radius 3 is 3.00 bits per heavy atom. The maximum Gasteiger partial charge on any atom is 0.227 e. The topological polar surface area (TPSA) is 52.0 Å². The summed E-state index contributed by atoms with van der Waals surface area (Å²) in [6.07, 6.45) is 1.71. The molecule has 0 aliphatic heterocycles.